The summed E-state index contributed by atoms with van der Waals surface area (Å²) in [4.78, 5) is 37.0. The van der Waals surface area contributed by atoms with Crippen LogP contribution in [0.1, 0.15) is 24.0 Å². The maximum atomic E-state index is 14.0. The first kappa shape index (κ1) is 24.9. The second-order valence-electron chi connectivity index (χ2n) is 9.18. The van der Waals surface area contributed by atoms with Crippen molar-refractivity contribution in [3.05, 3.63) is 82.1 Å². The largest absolute Gasteiger partial charge is 0.465 e. The van der Waals surface area contributed by atoms with Crippen molar-refractivity contribution in [2.45, 2.75) is 43.6 Å². The van der Waals surface area contributed by atoms with Crippen LogP contribution in [0.4, 0.5) is 10.7 Å². The Hall–Kier alpha value is -3.79. The number of aryl methyl sites for hydroxylation is 1. The first-order valence-electron chi connectivity index (χ1n) is 12.4. The number of aromatic nitrogens is 4. The molecule has 9 nitrogen and oxygen atoms in total. The van der Waals surface area contributed by atoms with Gasteiger partial charge < -0.3 is 15.3 Å². The highest BCUT2D eigenvalue weighted by molar-refractivity contribution is 7.98. The van der Waals surface area contributed by atoms with E-state index in [1.165, 1.54) is 11.8 Å². The first-order chi connectivity index (χ1) is 18.0. The Morgan fingerprint density at radius 2 is 1.76 bits per heavy atom. The number of rotatable bonds is 8. The number of amides is 1. The lowest BCUT2D eigenvalue weighted by atomic mass is 10.1. The van der Waals surface area contributed by atoms with E-state index in [0.29, 0.717) is 41.9 Å². The molecule has 0 spiro atoms. The van der Waals surface area contributed by atoms with Crippen LogP contribution < -0.4 is 15.8 Å². The second-order valence-corrected chi connectivity index (χ2v) is 9.95. The molecule has 1 aliphatic heterocycles. The maximum Gasteiger partial charge on any atom is 0.404 e. The van der Waals surface area contributed by atoms with Gasteiger partial charge in [-0.2, -0.15) is 4.98 Å². The topological polar surface area (TPSA) is 105 Å². The highest BCUT2D eigenvalue weighted by Gasteiger charge is 2.27. The second kappa shape index (κ2) is 11.1. The van der Waals surface area contributed by atoms with Crippen LogP contribution in [0.5, 0.6) is 0 Å². The molecule has 1 fully saturated rings. The van der Waals surface area contributed by atoms with Crippen LogP contribution >= 0.6 is 11.8 Å². The van der Waals surface area contributed by atoms with E-state index in [1.807, 2.05) is 59.4 Å². The molecule has 0 aliphatic carbocycles. The average Bonchev–Trinajstić information content (AvgIpc) is 3.27. The predicted octanol–water partition coefficient (Wildman–Crippen LogP) is 3.84. The molecule has 37 heavy (non-hydrogen) atoms. The molecule has 1 saturated heterocycles. The molecule has 2 aromatic carbocycles. The van der Waals surface area contributed by atoms with Crippen LogP contribution in [-0.2, 0) is 19.5 Å². The summed E-state index contributed by atoms with van der Waals surface area (Å²) in [5.41, 5.74) is 2.98. The van der Waals surface area contributed by atoms with Crippen molar-refractivity contribution in [3.63, 3.8) is 0 Å². The minimum Gasteiger partial charge on any atom is -0.465 e. The SMILES string of the molecule is CSc1nc2nc(N3CCCC(NC(=O)O)C3)n(Cc3ccccc3)c2c(=O)n1CCc1ccccc1. The lowest BCUT2D eigenvalue weighted by Crippen LogP contribution is -2.48. The van der Waals surface area contributed by atoms with Crippen LogP contribution in [0.2, 0.25) is 0 Å². The maximum absolute atomic E-state index is 14.0. The summed E-state index contributed by atoms with van der Waals surface area (Å²) in [5.74, 6) is 0.646. The third-order valence-corrected chi connectivity index (χ3v) is 7.35. The molecule has 1 aliphatic rings. The van der Waals surface area contributed by atoms with Crippen molar-refractivity contribution in [1.29, 1.82) is 0 Å². The zero-order chi connectivity index (χ0) is 25.8. The summed E-state index contributed by atoms with van der Waals surface area (Å²) in [6, 6.07) is 19.9. The van der Waals surface area contributed by atoms with Crippen LogP contribution in [-0.4, -0.2) is 55.7 Å². The van der Waals surface area contributed by atoms with Gasteiger partial charge in [0.2, 0.25) is 5.95 Å². The smallest absolute Gasteiger partial charge is 0.404 e. The van der Waals surface area contributed by atoms with Crippen molar-refractivity contribution in [2.24, 2.45) is 0 Å². The number of piperidine rings is 1. The summed E-state index contributed by atoms with van der Waals surface area (Å²) < 4.78 is 3.70. The number of benzene rings is 2. The quantitative estimate of drug-likeness (QED) is 0.270. The fraction of sp³-hybridized carbons (Fsp3) is 0.333. The fourth-order valence-electron chi connectivity index (χ4n) is 4.93. The lowest BCUT2D eigenvalue weighted by molar-refractivity contribution is 0.188. The number of fused-ring (bicyclic) bond motifs is 1. The molecule has 2 N–H and O–H groups in total. The predicted molar refractivity (Wildman–Crippen MR) is 146 cm³/mol. The van der Waals surface area contributed by atoms with Gasteiger partial charge in [0, 0.05) is 25.7 Å². The molecule has 2 aromatic heterocycles. The lowest BCUT2D eigenvalue weighted by Gasteiger charge is -2.33. The van der Waals surface area contributed by atoms with Gasteiger partial charge in [-0.3, -0.25) is 13.9 Å². The molecule has 192 valence electrons. The molecular formula is C27H30N6O3S. The summed E-state index contributed by atoms with van der Waals surface area (Å²) in [5, 5.41) is 12.5. The fourth-order valence-corrected chi connectivity index (χ4v) is 5.50. The molecular weight excluding hydrogens is 488 g/mol. The van der Waals surface area contributed by atoms with E-state index < -0.39 is 6.09 Å². The number of nitrogens with one attached hydrogen (secondary N) is 1. The molecule has 0 saturated carbocycles. The Morgan fingerprint density at radius 1 is 1.05 bits per heavy atom. The highest BCUT2D eigenvalue weighted by Crippen LogP contribution is 2.26. The molecule has 0 bridgehead atoms. The third kappa shape index (κ3) is 5.48. The Balaban J connectivity index is 1.59. The van der Waals surface area contributed by atoms with E-state index in [-0.39, 0.29) is 11.6 Å². The number of nitrogens with zero attached hydrogens (tertiary/aromatic N) is 5. The highest BCUT2D eigenvalue weighted by atomic mass is 32.2. The zero-order valence-electron chi connectivity index (χ0n) is 20.7. The van der Waals surface area contributed by atoms with Crippen LogP contribution in [0.25, 0.3) is 11.2 Å². The average molecular weight is 519 g/mol. The molecule has 1 unspecified atom stereocenters. The summed E-state index contributed by atoms with van der Waals surface area (Å²) in [7, 11) is 0. The normalized spacial score (nSPS) is 15.7. The van der Waals surface area contributed by atoms with E-state index >= 15 is 0 Å². The third-order valence-electron chi connectivity index (χ3n) is 6.67. The number of imidazole rings is 1. The van der Waals surface area contributed by atoms with Crippen LogP contribution in [0.3, 0.4) is 0 Å². The van der Waals surface area contributed by atoms with Gasteiger partial charge in [-0.05, 0) is 36.6 Å². The first-order valence-corrected chi connectivity index (χ1v) is 13.6. The molecule has 3 heterocycles. The Morgan fingerprint density at radius 3 is 2.43 bits per heavy atom. The summed E-state index contributed by atoms with van der Waals surface area (Å²) >= 11 is 1.44. The van der Waals surface area contributed by atoms with Gasteiger partial charge in [0.05, 0.1) is 6.54 Å². The van der Waals surface area contributed by atoms with Crippen molar-refractivity contribution < 1.29 is 9.90 Å². The van der Waals surface area contributed by atoms with Gasteiger partial charge in [-0.1, -0.05) is 72.4 Å². The minimum atomic E-state index is -1.03. The van der Waals surface area contributed by atoms with E-state index in [1.54, 1.807) is 4.57 Å². The molecule has 1 atom stereocenters. The summed E-state index contributed by atoms with van der Waals surface area (Å²) in [6.45, 7) is 2.20. The number of hydrogen-bond acceptors (Lipinski definition) is 6. The Labute approximate surface area is 219 Å². The number of anilines is 1. The van der Waals surface area contributed by atoms with Crippen LogP contribution in [0, 0.1) is 0 Å². The standard InChI is InChI=1S/C27H30N6O3S/c1-37-26-30-23-22(24(34)32(26)16-14-19-9-4-2-5-10-19)33(17-20-11-6-3-7-12-20)25(29-23)31-15-8-13-21(18-31)28-27(35)36/h2-7,9-12,21,28H,8,13-18H2,1H3,(H,35,36). The number of carbonyl (C=O) groups is 1. The van der Waals surface area contributed by atoms with Crippen molar-refractivity contribution in [3.8, 4) is 0 Å². The van der Waals surface area contributed by atoms with Gasteiger partial charge in [0.15, 0.2) is 16.3 Å². The van der Waals surface area contributed by atoms with Gasteiger partial charge in [0.1, 0.15) is 0 Å². The van der Waals surface area contributed by atoms with Gasteiger partial charge in [0.25, 0.3) is 5.56 Å². The van der Waals surface area contributed by atoms with E-state index in [4.69, 9.17) is 9.97 Å². The molecule has 4 aromatic rings. The van der Waals surface area contributed by atoms with Gasteiger partial charge in [-0.15, -0.1) is 0 Å². The van der Waals surface area contributed by atoms with Crippen molar-refractivity contribution in [1.82, 2.24) is 24.4 Å². The van der Waals surface area contributed by atoms with Gasteiger partial charge in [-0.25, -0.2) is 9.78 Å². The monoisotopic (exact) mass is 518 g/mol. The summed E-state index contributed by atoms with van der Waals surface area (Å²) in [6.07, 6.45) is 3.20. The Kier molecular flexibility index (Phi) is 7.45. The molecule has 5 rings (SSSR count). The van der Waals surface area contributed by atoms with Crippen LogP contribution in [0.15, 0.2) is 70.6 Å². The molecule has 0 radical (unpaired) electrons. The molecule has 1 amide bonds. The van der Waals surface area contributed by atoms with E-state index in [9.17, 15) is 14.7 Å². The number of carboxylic acid groups (broad SMARTS) is 1. The number of hydrogen-bond donors (Lipinski definition) is 2. The molecule has 10 heteroatoms. The van der Waals surface area contributed by atoms with E-state index in [2.05, 4.69) is 22.3 Å². The zero-order valence-corrected chi connectivity index (χ0v) is 21.5. The van der Waals surface area contributed by atoms with E-state index in [0.717, 1.165) is 36.9 Å². The van der Waals surface area contributed by atoms with Gasteiger partial charge >= 0.3 is 6.09 Å². The van der Waals surface area contributed by atoms with Crippen molar-refractivity contribution in [2.75, 3.05) is 24.2 Å². The van der Waals surface area contributed by atoms with Crippen molar-refractivity contribution >= 4 is 35.0 Å². The minimum absolute atomic E-state index is 0.114. The number of thioether (sulfide) groups is 1. The Bertz CT molecular complexity index is 1440.